The van der Waals surface area contributed by atoms with Crippen molar-refractivity contribution in [3.63, 3.8) is 0 Å². The molecular formula is C16H24BrN. The van der Waals surface area contributed by atoms with Crippen LogP contribution in [0.2, 0.25) is 0 Å². The van der Waals surface area contributed by atoms with Gasteiger partial charge in [0.15, 0.2) is 0 Å². The van der Waals surface area contributed by atoms with E-state index in [9.17, 15) is 0 Å². The predicted octanol–water partition coefficient (Wildman–Crippen LogP) is 4.55. The normalized spacial score (nSPS) is 25.9. The fraction of sp³-hybridized carbons (Fsp3) is 0.625. The summed E-state index contributed by atoms with van der Waals surface area (Å²) in [6.07, 6.45) is 6.68. The number of hydrogen-bond acceptors (Lipinski definition) is 1. The number of hydrogen-bond donors (Lipinski definition) is 1. The maximum absolute atomic E-state index is 3.82. The van der Waals surface area contributed by atoms with Gasteiger partial charge in [0, 0.05) is 16.6 Å². The first kappa shape index (κ1) is 14.1. The van der Waals surface area contributed by atoms with Crippen LogP contribution in [0.4, 0.5) is 0 Å². The molecule has 18 heavy (non-hydrogen) atoms. The van der Waals surface area contributed by atoms with Gasteiger partial charge in [-0.3, -0.25) is 0 Å². The van der Waals surface area contributed by atoms with E-state index in [-0.39, 0.29) is 0 Å². The van der Waals surface area contributed by atoms with E-state index in [2.05, 4.69) is 59.4 Å². The summed E-state index contributed by atoms with van der Waals surface area (Å²) in [6, 6.07) is 9.98. The van der Waals surface area contributed by atoms with Crippen LogP contribution in [-0.2, 0) is 6.42 Å². The summed E-state index contributed by atoms with van der Waals surface area (Å²) in [5.41, 5.74) is 1.42. The van der Waals surface area contributed by atoms with E-state index in [0.29, 0.717) is 6.04 Å². The zero-order valence-electron chi connectivity index (χ0n) is 11.5. The lowest BCUT2D eigenvalue weighted by molar-refractivity contribution is 0.262. The Labute approximate surface area is 119 Å². The Morgan fingerprint density at radius 2 is 1.89 bits per heavy atom. The summed E-state index contributed by atoms with van der Waals surface area (Å²) >= 11 is 3.48. The average Bonchev–Trinajstić information content (AvgIpc) is 2.35. The van der Waals surface area contributed by atoms with Crippen LogP contribution in [0.1, 0.15) is 45.1 Å². The average molecular weight is 310 g/mol. The Morgan fingerprint density at radius 1 is 1.22 bits per heavy atom. The molecule has 1 aliphatic rings. The van der Waals surface area contributed by atoms with Crippen molar-refractivity contribution in [1.29, 1.82) is 0 Å². The molecule has 2 heteroatoms. The zero-order valence-corrected chi connectivity index (χ0v) is 13.0. The fourth-order valence-corrected chi connectivity index (χ4v) is 3.23. The molecule has 1 aromatic rings. The van der Waals surface area contributed by atoms with Crippen molar-refractivity contribution in [2.75, 3.05) is 0 Å². The molecule has 3 atom stereocenters. The van der Waals surface area contributed by atoms with Crippen LogP contribution in [-0.4, -0.2) is 12.1 Å². The van der Waals surface area contributed by atoms with Gasteiger partial charge in [0.25, 0.3) is 0 Å². The lowest BCUT2D eigenvalue weighted by Gasteiger charge is -2.32. The van der Waals surface area contributed by atoms with Crippen LogP contribution in [0.5, 0.6) is 0 Å². The molecule has 3 unspecified atom stereocenters. The van der Waals surface area contributed by atoms with Crippen molar-refractivity contribution in [2.45, 2.75) is 58.0 Å². The molecule has 100 valence electrons. The second-order valence-electron chi connectivity index (χ2n) is 5.77. The Bertz CT molecular complexity index is 360. The highest BCUT2D eigenvalue weighted by Crippen LogP contribution is 2.24. The molecule has 1 N–H and O–H groups in total. The SMILES string of the molecule is CC(Cc1ccc(Br)cc1)NC1CCCCC1C. The van der Waals surface area contributed by atoms with E-state index in [1.54, 1.807) is 0 Å². The molecular weight excluding hydrogens is 286 g/mol. The van der Waals surface area contributed by atoms with Crippen molar-refractivity contribution in [3.8, 4) is 0 Å². The molecule has 1 fully saturated rings. The third kappa shape index (κ3) is 4.10. The van der Waals surface area contributed by atoms with Gasteiger partial charge < -0.3 is 5.32 Å². The van der Waals surface area contributed by atoms with E-state index in [1.165, 1.54) is 31.2 Å². The van der Waals surface area contributed by atoms with E-state index in [1.807, 2.05) is 0 Å². The summed E-state index contributed by atoms with van der Waals surface area (Å²) in [7, 11) is 0. The first-order valence-corrected chi connectivity index (χ1v) is 7.95. The Hall–Kier alpha value is -0.340. The molecule has 2 rings (SSSR count). The van der Waals surface area contributed by atoms with Crippen molar-refractivity contribution in [1.82, 2.24) is 5.32 Å². The molecule has 1 saturated carbocycles. The molecule has 0 aliphatic heterocycles. The quantitative estimate of drug-likeness (QED) is 0.860. The maximum atomic E-state index is 3.82. The molecule has 1 aromatic carbocycles. The van der Waals surface area contributed by atoms with Crippen molar-refractivity contribution >= 4 is 15.9 Å². The number of halogens is 1. The number of benzene rings is 1. The lowest BCUT2D eigenvalue weighted by Crippen LogP contribution is -2.43. The summed E-state index contributed by atoms with van der Waals surface area (Å²) < 4.78 is 1.16. The van der Waals surface area contributed by atoms with Crippen molar-refractivity contribution in [2.24, 2.45) is 5.92 Å². The van der Waals surface area contributed by atoms with Gasteiger partial charge in [0.2, 0.25) is 0 Å². The first-order valence-electron chi connectivity index (χ1n) is 7.15. The van der Waals surface area contributed by atoms with E-state index < -0.39 is 0 Å². The summed E-state index contributed by atoms with van der Waals surface area (Å²) in [5, 5.41) is 3.82. The number of rotatable bonds is 4. The molecule has 0 spiro atoms. The van der Waals surface area contributed by atoms with Crippen LogP contribution >= 0.6 is 15.9 Å². The van der Waals surface area contributed by atoms with E-state index in [4.69, 9.17) is 0 Å². The highest BCUT2D eigenvalue weighted by Gasteiger charge is 2.22. The highest BCUT2D eigenvalue weighted by molar-refractivity contribution is 9.10. The van der Waals surface area contributed by atoms with Gasteiger partial charge in [-0.25, -0.2) is 0 Å². The summed E-state index contributed by atoms with van der Waals surface area (Å²) in [6.45, 7) is 4.70. The fourth-order valence-electron chi connectivity index (χ4n) is 2.96. The van der Waals surface area contributed by atoms with Gasteiger partial charge in [-0.05, 0) is 49.8 Å². The van der Waals surface area contributed by atoms with Gasteiger partial charge in [-0.15, -0.1) is 0 Å². The maximum Gasteiger partial charge on any atom is 0.0175 e. The minimum absolute atomic E-state index is 0.566. The third-order valence-corrected chi connectivity index (χ3v) is 4.59. The predicted molar refractivity (Wildman–Crippen MR) is 81.9 cm³/mol. The molecule has 0 radical (unpaired) electrons. The van der Waals surface area contributed by atoms with Crippen LogP contribution in [0.15, 0.2) is 28.7 Å². The van der Waals surface area contributed by atoms with Gasteiger partial charge in [-0.2, -0.15) is 0 Å². The standard InChI is InChI=1S/C16H24BrN/c1-12-5-3-4-6-16(12)18-13(2)11-14-7-9-15(17)10-8-14/h7-10,12-13,16,18H,3-6,11H2,1-2H3. The summed E-state index contributed by atoms with van der Waals surface area (Å²) in [5.74, 6) is 0.839. The van der Waals surface area contributed by atoms with Gasteiger partial charge >= 0.3 is 0 Å². The zero-order chi connectivity index (χ0) is 13.0. The monoisotopic (exact) mass is 309 g/mol. The van der Waals surface area contributed by atoms with Gasteiger partial charge in [0.1, 0.15) is 0 Å². The van der Waals surface area contributed by atoms with Crippen LogP contribution < -0.4 is 5.32 Å². The lowest BCUT2D eigenvalue weighted by atomic mass is 9.85. The largest absolute Gasteiger partial charge is 0.311 e. The van der Waals surface area contributed by atoms with E-state index >= 15 is 0 Å². The molecule has 0 amide bonds. The molecule has 0 aromatic heterocycles. The highest BCUT2D eigenvalue weighted by atomic mass is 79.9. The van der Waals surface area contributed by atoms with Crippen molar-refractivity contribution in [3.05, 3.63) is 34.3 Å². The number of nitrogens with one attached hydrogen (secondary N) is 1. The van der Waals surface area contributed by atoms with Crippen LogP contribution in [0, 0.1) is 5.92 Å². The van der Waals surface area contributed by atoms with Crippen LogP contribution in [0.25, 0.3) is 0 Å². The molecule has 0 bridgehead atoms. The second-order valence-corrected chi connectivity index (χ2v) is 6.68. The second kappa shape index (κ2) is 6.72. The van der Waals surface area contributed by atoms with Crippen LogP contribution in [0.3, 0.4) is 0 Å². The van der Waals surface area contributed by atoms with E-state index in [0.717, 1.165) is 22.9 Å². The van der Waals surface area contributed by atoms with Gasteiger partial charge in [-0.1, -0.05) is 47.8 Å². The minimum Gasteiger partial charge on any atom is -0.311 e. The van der Waals surface area contributed by atoms with Gasteiger partial charge in [0.05, 0.1) is 0 Å². The Morgan fingerprint density at radius 3 is 2.56 bits per heavy atom. The molecule has 0 saturated heterocycles. The molecule has 0 heterocycles. The Kier molecular flexibility index (Phi) is 5.25. The summed E-state index contributed by atoms with van der Waals surface area (Å²) in [4.78, 5) is 0. The smallest absolute Gasteiger partial charge is 0.0175 e. The minimum atomic E-state index is 0.566. The third-order valence-electron chi connectivity index (χ3n) is 4.07. The topological polar surface area (TPSA) is 12.0 Å². The molecule has 1 nitrogen and oxygen atoms in total. The Balaban J connectivity index is 1.84. The first-order chi connectivity index (χ1) is 8.65. The molecule has 1 aliphatic carbocycles. The van der Waals surface area contributed by atoms with Crippen molar-refractivity contribution < 1.29 is 0 Å².